The predicted molar refractivity (Wildman–Crippen MR) is 80.7 cm³/mol. The van der Waals surface area contributed by atoms with Crippen LogP contribution >= 0.6 is 0 Å². The van der Waals surface area contributed by atoms with Crippen molar-refractivity contribution in [3.05, 3.63) is 59.9 Å². The number of aliphatic hydroxyl groups excluding tert-OH is 1. The first kappa shape index (κ1) is 15.0. The summed E-state index contributed by atoms with van der Waals surface area (Å²) in [5.74, 6) is -0.386. The molecule has 0 spiro atoms. The maximum Gasteiger partial charge on any atom is 0.123 e. The van der Waals surface area contributed by atoms with Crippen molar-refractivity contribution in [2.45, 2.75) is 19.4 Å². The first-order valence-electron chi connectivity index (χ1n) is 6.80. The quantitative estimate of drug-likeness (QED) is 0.905. The van der Waals surface area contributed by atoms with E-state index in [1.807, 2.05) is 35.2 Å². The van der Waals surface area contributed by atoms with Crippen LogP contribution in [-0.4, -0.2) is 11.7 Å². The molecule has 2 aromatic carbocycles. The third-order valence-electron chi connectivity index (χ3n) is 3.25. The summed E-state index contributed by atoms with van der Waals surface area (Å²) < 4.78 is 13.4. The van der Waals surface area contributed by atoms with Gasteiger partial charge in [-0.1, -0.05) is 18.2 Å². The second kappa shape index (κ2) is 6.87. The number of anilines is 2. The van der Waals surface area contributed by atoms with E-state index in [2.05, 4.69) is 6.07 Å². The second-order valence-corrected chi connectivity index (χ2v) is 4.77. The van der Waals surface area contributed by atoms with Crippen molar-refractivity contribution in [1.82, 2.24) is 0 Å². The average Bonchev–Trinajstić information content (AvgIpc) is 2.49. The highest BCUT2D eigenvalue weighted by Gasteiger charge is 2.16. The highest BCUT2D eigenvalue weighted by Crippen LogP contribution is 2.32. The molecule has 0 unspecified atom stereocenters. The molecule has 0 aliphatic heterocycles. The van der Waals surface area contributed by atoms with Crippen molar-refractivity contribution >= 4 is 11.4 Å². The molecule has 0 heterocycles. The summed E-state index contributed by atoms with van der Waals surface area (Å²) in [6.07, 6.45) is -0.449. The highest BCUT2D eigenvalue weighted by atomic mass is 19.1. The van der Waals surface area contributed by atoms with Gasteiger partial charge in [-0.05, 0) is 37.3 Å². The number of rotatable bonds is 5. The van der Waals surface area contributed by atoms with Crippen molar-refractivity contribution in [2.75, 3.05) is 11.4 Å². The van der Waals surface area contributed by atoms with E-state index in [0.29, 0.717) is 24.2 Å². The normalized spacial score (nSPS) is 11.7. The lowest BCUT2D eigenvalue weighted by Gasteiger charge is -2.27. The van der Waals surface area contributed by atoms with Gasteiger partial charge >= 0.3 is 0 Å². The van der Waals surface area contributed by atoms with Crippen LogP contribution in [0.3, 0.4) is 0 Å². The molecule has 2 rings (SSSR count). The molecule has 0 fully saturated rings. The minimum atomic E-state index is -0.788. The lowest BCUT2D eigenvalue weighted by molar-refractivity contribution is 0.199. The van der Waals surface area contributed by atoms with E-state index in [-0.39, 0.29) is 5.82 Å². The number of benzene rings is 2. The first-order valence-corrected chi connectivity index (χ1v) is 6.80. The molecule has 21 heavy (non-hydrogen) atoms. The number of hydrogen-bond donors (Lipinski definition) is 1. The van der Waals surface area contributed by atoms with Gasteiger partial charge in [0.25, 0.3) is 0 Å². The Balaban J connectivity index is 2.49. The summed E-state index contributed by atoms with van der Waals surface area (Å²) >= 11 is 0. The fourth-order valence-corrected chi connectivity index (χ4v) is 2.26. The molecule has 0 bridgehead atoms. The smallest absolute Gasteiger partial charge is 0.123 e. The Kier molecular flexibility index (Phi) is 4.91. The Morgan fingerprint density at radius 3 is 2.57 bits per heavy atom. The number of halogens is 1. The number of para-hydroxylation sites is 1. The average molecular weight is 284 g/mol. The van der Waals surface area contributed by atoms with E-state index in [4.69, 9.17) is 5.26 Å². The van der Waals surface area contributed by atoms with Gasteiger partial charge in [0.2, 0.25) is 0 Å². The molecule has 1 atom stereocenters. The zero-order valence-electron chi connectivity index (χ0n) is 11.8. The maximum atomic E-state index is 13.4. The molecule has 2 aromatic rings. The van der Waals surface area contributed by atoms with Gasteiger partial charge in [0.05, 0.1) is 18.6 Å². The molecule has 0 amide bonds. The lowest BCUT2D eigenvalue weighted by Crippen LogP contribution is -2.20. The molecular weight excluding hydrogens is 267 g/mol. The van der Waals surface area contributed by atoms with E-state index in [9.17, 15) is 9.50 Å². The van der Waals surface area contributed by atoms with Crippen molar-refractivity contribution < 1.29 is 9.50 Å². The van der Waals surface area contributed by atoms with Crippen LogP contribution in [0.2, 0.25) is 0 Å². The second-order valence-electron chi connectivity index (χ2n) is 4.77. The molecular formula is C17H17FN2O. The molecule has 0 aromatic heterocycles. The molecule has 0 aliphatic carbocycles. The Morgan fingerprint density at radius 1 is 1.24 bits per heavy atom. The van der Waals surface area contributed by atoms with Crippen molar-refractivity contribution in [3.63, 3.8) is 0 Å². The molecule has 108 valence electrons. The van der Waals surface area contributed by atoms with Crippen LogP contribution in [0.5, 0.6) is 0 Å². The van der Waals surface area contributed by atoms with E-state index in [1.165, 1.54) is 12.1 Å². The molecule has 0 aliphatic rings. The fraction of sp³-hybridized carbons (Fsp3) is 0.235. The largest absolute Gasteiger partial charge is 0.389 e. The summed E-state index contributed by atoms with van der Waals surface area (Å²) in [6, 6.07) is 16.0. The van der Waals surface area contributed by atoms with Crippen molar-refractivity contribution in [2.24, 2.45) is 0 Å². The monoisotopic (exact) mass is 284 g/mol. The Bertz CT molecular complexity index is 635. The predicted octanol–water partition coefficient (Wildman–Crippen LogP) is 3.93. The third-order valence-corrected chi connectivity index (χ3v) is 3.25. The van der Waals surface area contributed by atoms with Crippen LogP contribution in [0.4, 0.5) is 15.8 Å². The molecule has 0 saturated carbocycles. The highest BCUT2D eigenvalue weighted by molar-refractivity contribution is 5.67. The van der Waals surface area contributed by atoms with E-state index >= 15 is 0 Å². The SMILES string of the molecule is C[C@H](O)c1cc(F)ccc1N(CCC#N)c1ccccc1. The first-order chi connectivity index (χ1) is 10.1. The van der Waals surface area contributed by atoms with Gasteiger partial charge in [-0.3, -0.25) is 0 Å². The Morgan fingerprint density at radius 2 is 1.95 bits per heavy atom. The van der Waals surface area contributed by atoms with Crippen LogP contribution in [0.15, 0.2) is 48.5 Å². The van der Waals surface area contributed by atoms with Crippen LogP contribution in [-0.2, 0) is 0 Å². The van der Waals surface area contributed by atoms with Gasteiger partial charge in [-0.25, -0.2) is 4.39 Å². The number of hydrogen-bond acceptors (Lipinski definition) is 3. The van der Waals surface area contributed by atoms with E-state index in [0.717, 1.165) is 5.69 Å². The summed E-state index contributed by atoms with van der Waals surface area (Å²) in [4.78, 5) is 1.92. The maximum absolute atomic E-state index is 13.4. The lowest BCUT2D eigenvalue weighted by atomic mass is 10.1. The number of nitrogens with zero attached hydrogens (tertiary/aromatic N) is 2. The van der Waals surface area contributed by atoms with Crippen LogP contribution in [0, 0.1) is 17.1 Å². The van der Waals surface area contributed by atoms with E-state index in [1.54, 1.807) is 13.0 Å². The van der Waals surface area contributed by atoms with Gasteiger partial charge in [-0.2, -0.15) is 5.26 Å². The zero-order valence-corrected chi connectivity index (χ0v) is 11.8. The van der Waals surface area contributed by atoms with Crippen molar-refractivity contribution in [1.29, 1.82) is 5.26 Å². The summed E-state index contributed by atoms with van der Waals surface area (Å²) in [5.41, 5.74) is 2.13. The molecule has 3 nitrogen and oxygen atoms in total. The standard InChI is InChI=1S/C17H17FN2O/c1-13(21)16-12-14(18)8-9-17(16)20(11-5-10-19)15-6-3-2-4-7-15/h2-4,6-9,12-13,21H,5,11H2,1H3/t13-/m0/s1. The molecule has 4 heteroatoms. The van der Waals surface area contributed by atoms with Gasteiger partial charge in [0.15, 0.2) is 0 Å². The Labute approximate surface area is 123 Å². The topological polar surface area (TPSA) is 47.3 Å². The van der Waals surface area contributed by atoms with Gasteiger partial charge in [-0.15, -0.1) is 0 Å². The zero-order chi connectivity index (χ0) is 15.2. The molecule has 1 N–H and O–H groups in total. The summed E-state index contributed by atoms with van der Waals surface area (Å²) in [5, 5.41) is 18.7. The van der Waals surface area contributed by atoms with Crippen LogP contribution in [0.25, 0.3) is 0 Å². The summed E-state index contributed by atoms with van der Waals surface area (Å²) in [7, 11) is 0. The summed E-state index contributed by atoms with van der Waals surface area (Å²) in [6.45, 7) is 2.08. The van der Waals surface area contributed by atoms with E-state index < -0.39 is 6.10 Å². The van der Waals surface area contributed by atoms with Crippen LogP contribution in [0.1, 0.15) is 25.0 Å². The Hall–Kier alpha value is -2.38. The number of nitriles is 1. The molecule has 0 radical (unpaired) electrons. The van der Waals surface area contributed by atoms with Gasteiger partial charge in [0, 0.05) is 23.5 Å². The minimum absolute atomic E-state index is 0.339. The minimum Gasteiger partial charge on any atom is -0.389 e. The van der Waals surface area contributed by atoms with Gasteiger partial charge in [0.1, 0.15) is 5.82 Å². The van der Waals surface area contributed by atoms with Crippen LogP contribution < -0.4 is 4.90 Å². The third kappa shape index (κ3) is 3.59. The number of aliphatic hydroxyl groups is 1. The fourth-order valence-electron chi connectivity index (χ4n) is 2.26. The molecule has 0 saturated heterocycles. The van der Waals surface area contributed by atoms with Gasteiger partial charge < -0.3 is 10.0 Å². The van der Waals surface area contributed by atoms with Crippen molar-refractivity contribution in [3.8, 4) is 6.07 Å².